The van der Waals surface area contributed by atoms with Gasteiger partial charge in [-0.3, -0.25) is 0 Å². The first kappa shape index (κ1) is 16.0. The highest BCUT2D eigenvalue weighted by molar-refractivity contribution is 5.87. The third-order valence-corrected chi connectivity index (χ3v) is 3.97. The molecule has 0 heterocycles. The lowest BCUT2D eigenvalue weighted by atomic mass is 9.92. The van der Waals surface area contributed by atoms with E-state index in [0.717, 1.165) is 34.5 Å². The van der Waals surface area contributed by atoms with Crippen LogP contribution in [0.25, 0.3) is 10.8 Å². The first-order valence-electron chi connectivity index (χ1n) is 7.56. The van der Waals surface area contributed by atoms with Gasteiger partial charge in [0.1, 0.15) is 5.60 Å². The summed E-state index contributed by atoms with van der Waals surface area (Å²) in [6, 6.07) is 17.0. The van der Waals surface area contributed by atoms with Gasteiger partial charge in [0.15, 0.2) is 11.6 Å². The van der Waals surface area contributed by atoms with Crippen molar-refractivity contribution in [2.45, 2.75) is 19.4 Å². The Labute approximate surface area is 139 Å². The fraction of sp³-hybridized carbons (Fsp3) is 0.150. The van der Waals surface area contributed by atoms with Crippen molar-refractivity contribution in [3.63, 3.8) is 0 Å². The maximum absolute atomic E-state index is 14.1. The van der Waals surface area contributed by atoms with Gasteiger partial charge < -0.3 is 14.6 Å². The van der Waals surface area contributed by atoms with Crippen molar-refractivity contribution < 1.29 is 19.0 Å². The summed E-state index contributed by atoms with van der Waals surface area (Å²) in [6.45, 7) is 3.64. The Morgan fingerprint density at radius 2 is 1.75 bits per heavy atom. The summed E-state index contributed by atoms with van der Waals surface area (Å²) >= 11 is 0. The molecule has 0 amide bonds. The van der Waals surface area contributed by atoms with Gasteiger partial charge in [-0.1, -0.05) is 42.5 Å². The van der Waals surface area contributed by atoms with Crippen molar-refractivity contribution in [1.82, 2.24) is 0 Å². The number of ether oxygens (including phenoxy) is 1. The summed E-state index contributed by atoms with van der Waals surface area (Å²) in [4.78, 5) is 11.0. The molecule has 0 atom stereocenters. The van der Waals surface area contributed by atoms with Crippen LogP contribution < -0.4 is 9.84 Å². The van der Waals surface area contributed by atoms with Crippen molar-refractivity contribution in [3.8, 4) is 5.75 Å². The number of benzene rings is 3. The third-order valence-electron chi connectivity index (χ3n) is 3.97. The minimum atomic E-state index is -1.37. The number of rotatable bonds is 4. The normalized spacial score (nSPS) is 11.5. The molecule has 0 aliphatic heterocycles. The average molecular weight is 323 g/mol. The van der Waals surface area contributed by atoms with Crippen molar-refractivity contribution in [2.75, 3.05) is 0 Å². The first-order valence-corrected chi connectivity index (χ1v) is 7.56. The second kappa shape index (κ2) is 5.96. The summed E-state index contributed by atoms with van der Waals surface area (Å²) in [6.07, 6.45) is 0. The van der Waals surface area contributed by atoms with E-state index in [9.17, 15) is 14.3 Å². The van der Waals surface area contributed by atoms with Gasteiger partial charge in [0.2, 0.25) is 0 Å². The van der Waals surface area contributed by atoms with Crippen molar-refractivity contribution in [2.24, 2.45) is 0 Å². The van der Waals surface area contributed by atoms with Crippen molar-refractivity contribution >= 4 is 16.7 Å². The Hall–Kier alpha value is -2.88. The smallest absolute Gasteiger partial charge is 0.165 e. The van der Waals surface area contributed by atoms with E-state index in [-0.39, 0.29) is 11.3 Å². The number of carboxylic acid groups (broad SMARTS) is 1. The van der Waals surface area contributed by atoms with Crippen LogP contribution in [0.5, 0.6) is 5.75 Å². The predicted molar refractivity (Wildman–Crippen MR) is 88.3 cm³/mol. The number of aromatic carboxylic acids is 1. The number of halogens is 1. The van der Waals surface area contributed by atoms with E-state index >= 15 is 0 Å². The zero-order chi connectivity index (χ0) is 17.3. The second-order valence-electron chi connectivity index (χ2n) is 6.07. The molecule has 0 N–H and O–H groups in total. The lowest BCUT2D eigenvalue weighted by molar-refractivity contribution is -0.255. The van der Waals surface area contributed by atoms with E-state index in [4.69, 9.17) is 4.74 Å². The highest BCUT2D eigenvalue weighted by Crippen LogP contribution is 2.34. The zero-order valence-electron chi connectivity index (χ0n) is 13.4. The molecular weight excluding hydrogens is 307 g/mol. The molecule has 4 heteroatoms. The summed E-state index contributed by atoms with van der Waals surface area (Å²) in [7, 11) is 0. The second-order valence-corrected chi connectivity index (χ2v) is 6.07. The average Bonchev–Trinajstić information content (AvgIpc) is 2.56. The van der Waals surface area contributed by atoms with Crippen LogP contribution in [0, 0.1) is 5.82 Å². The van der Waals surface area contributed by atoms with E-state index in [1.165, 1.54) is 0 Å². The molecule has 0 spiro atoms. The fourth-order valence-electron chi connectivity index (χ4n) is 2.79. The van der Waals surface area contributed by atoms with Gasteiger partial charge >= 0.3 is 0 Å². The largest absolute Gasteiger partial charge is 0.545 e. The number of carboxylic acids is 1. The quantitative estimate of drug-likeness (QED) is 0.736. The van der Waals surface area contributed by atoms with Crippen LogP contribution >= 0.6 is 0 Å². The Morgan fingerprint density at radius 1 is 1.04 bits per heavy atom. The summed E-state index contributed by atoms with van der Waals surface area (Å²) in [5.74, 6) is -2.11. The van der Waals surface area contributed by atoms with Gasteiger partial charge in [-0.2, -0.15) is 0 Å². The number of fused-ring (bicyclic) bond motifs is 1. The van der Waals surface area contributed by atoms with E-state index in [1.54, 1.807) is 0 Å². The molecule has 0 aromatic heterocycles. The minimum Gasteiger partial charge on any atom is -0.545 e. The lowest BCUT2D eigenvalue weighted by Crippen LogP contribution is -2.27. The van der Waals surface area contributed by atoms with Gasteiger partial charge in [0, 0.05) is 11.1 Å². The van der Waals surface area contributed by atoms with Crippen LogP contribution in [-0.2, 0) is 5.60 Å². The zero-order valence-corrected chi connectivity index (χ0v) is 13.4. The molecule has 0 fully saturated rings. The molecule has 0 unspecified atom stereocenters. The van der Waals surface area contributed by atoms with E-state index in [2.05, 4.69) is 0 Å². The van der Waals surface area contributed by atoms with Crippen LogP contribution in [0.1, 0.15) is 29.8 Å². The first-order chi connectivity index (χ1) is 11.4. The number of carbonyl (C=O) groups excluding carboxylic acids is 1. The highest BCUT2D eigenvalue weighted by atomic mass is 19.1. The van der Waals surface area contributed by atoms with Gasteiger partial charge in [-0.25, -0.2) is 4.39 Å². The Balaban J connectivity index is 2.05. The van der Waals surface area contributed by atoms with Crippen LogP contribution in [0.3, 0.4) is 0 Å². The molecule has 24 heavy (non-hydrogen) atoms. The van der Waals surface area contributed by atoms with Crippen LogP contribution in [0.4, 0.5) is 4.39 Å². The molecule has 3 aromatic rings. The van der Waals surface area contributed by atoms with E-state index in [0.29, 0.717) is 0 Å². The van der Waals surface area contributed by atoms with E-state index in [1.807, 2.05) is 56.3 Å². The maximum Gasteiger partial charge on any atom is 0.165 e. The molecule has 0 saturated carbocycles. The monoisotopic (exact) mass is 323 g/mol. The fourth-order valence-corrected chi connectivity index (χ4v) is 2.79. The minimum absolute atomic E-state index is 0.116. The topological polar surface area (TPSA) is 49.4 Å². The molecule has 0 aliphatic rings. The van der Waals surface area contributed by atoms with E-state index < -0.39 is 17.4 Å². The molecule has 0 radical (unpaired) electrons. The van der Waals surface area contributed by atoms with Crippen LogP contribution in [-0.4, -0.2) is 5.97 Å². The predicted octanol–water partition coefficient (Wildman–Crippen LogP) is 3.66. The molecule has 0 saturated heterocycles. The number of hydrogen-bond donors (Lipinski definition) is 0. The molecule has 0 aliphatic carbocycles. The number of carbonyl (C=O) groups is 1. The lowest BCUT2D eigenvalue weighted by Gasteiger charge is -2.29. The van der Waals surface area contributed by atoms with Gasteiger partial charge in [0.25, 0.3) is 0 Å². The van der Waals surface area contributed by atoms with Gasteiger partial charge in [0.05, 0.1) is 5.97 Å². The molecule has 3 aromatic carbocycles. The van der Waals surface area contributed by atoms with Crippen molar-refractivity contribution in [1.29, 1.82) is 0 Å². The standard InChI is InChI=1S/C20H17FO3/c1-20(2,16-9-5-7-13-6-3-4-8-15(13)16)24-18-12-14(19(22)23)10-11-17(18)21/h3-12H,1-2H3,(H,22,23)/p-1. The van der Waals surface area contributed by atoms with Crippen LogP contribution in [0.2, 0.25) is 0 Å². The number of hydrogen-bond acceptors (Lipinski definition) is 3. The molecule has 0 bridgehead atoms. The summed E-state index contributed by atoms with van der Waals surface area (Å²) in [5.41, 5.74) is -0.0920. The molecule has 122 valence electrons. The molecule has 3 nitrogen and oxygen atoms in total. The maximum atomic E-state index is 14.1. The van der Waals surface area contributed by atoms with Crippen LogP contribution in [0.15, 0.2) is 60.7 Å². The summed E-state index contributed by atoms with van der Waals surface area (Å²) in [5, 5.41) is 13.0. The third kappa shape index (κ3) is 2.95. The Bertz CT molecular complexity index is 910. The van der Waals surface area contributed by atoms with Gasteiger partial charge in [-0.15, -0.1) is 0 Å². The Kier molecular flexibility index (Phi) is 3.97. The van der Waals surface area contributed by atoms with Gasteiger partial charge in [-0.05, 0) is 42.8 Å². The Morgan fingerprint density at radius 3 is 2.50 bits per heavy atom. The molecular formula is C20H16FO3-. The molecule has 3 rings (SSSR count). The summed E-state index contributed by atoms with van der Waals surface area (Å²) < 4.78 is 19.9. The SMILES string of the molecule is CC(C)(Oc1cc(C(=O)[O-])ccc1F)c1cccc2ccccc12. The van der Waals surface area contributed by atoms with Crippen molar-refractivity contribution in [3.05, 3.63) is 77.6 Å². The highest BCUT2D eigenvalue weighted by Gasteiger charge is 2.26.